The highest BCUT2D eigenvalue weighted by molar-refractivity contribution is 5.85. The van der Waals surface area contributed by atoms with Crippen LogP contribution in [0.1, 0.15) is 59.3 Å². The molecule has 0 aromatic heterocycles. The van der Waals surface area contributed by atoms with Gasteiger partial charge in [-0.2, -0.15) is 0 Å². The van der Waals surface area contributed by atoms with E-state index in [1.54, 1.807) is 0 Å². The number of amides is 1. The minimum atomic E-state index is -0.345. The summed E-state index contributed by atoms with van der Waals surface area (Å²) in [6.07, 6.45) is 11.2. The second-order valence-corrected chi connectivity index (χ2v) is 4.93. The van der Waals surface area contributed by atoms with Crippen LogP contribution in [0.25, 0.3) is 0 Å². The molecule has 0 radical (unpaired) electrons. The summed E-state index contributed by atoms with van der Waals surface area (Å²) in [4.78, 5) is 10.6. The van der Waals surface area contributed by atoms with Gasteiger partial charge >= 0.3 is 0 Å². The lowest BCUT2D eigenvalue weighted by molar-refractivity contribution is -0.113. The van der Waals surface area contributed by atoms with Gasteiger partial charge in [-0.15, -0.1) is 0 Å². The van der Waals surface area contributed by atoms with Crippen LogP contribution in [0, 0.1) is 11.8 Å². The van der Waals surface area contributed by atoms with Gasteiger partial charge in [0.1, 0.15) is 0 Å². The van der Waals surface area contributed by atoms with E-state index in [1.165, 1.54) is 38.2 Å². The molecule has 0 saturated carbocycles. The number of hydrogen-bond acceptors (Lipinski definition) is 1. The number of hydrogen-bond donors (Lipinski definition) is 1. The van der Waals surface area contributed by atoms with Gasteiger partial charge in [0, 0.05) is 0 Å². The number of rotatable bonds is 9. The second-order valence-electron chi connectivity index (χ2n) is 4.93. The van der Waals surface area contributed by atoms with E-state index in [-0.39, 0.29) is 5.91 Å². The molecule has 0 aliphatic carbocycles. The van der Waals surface area contributed by atoms with E-state index < -0.39 is 0 Å². The van der Waals surface area contributed by atoms with E-state index in [0.717, 1.165) is 12.3 Å². The number of allylic oxidation sites excluding steroid dienone is 1. The molecule has 0 bridgehead atoms. The summed E-state index contributed by atoms with van der Waals surface area (Å²) in [5.41, 5.74) is 5.06. The number of carbonyl (C=O) groups excluding carboxylic acids is 1. The lowest BCUT2D eigenvalue weighted by Crippen LogP contribution is -2.07. The summed E-state index contributed by atoms with van der Waals surface area (Å²) < 4.78 is 0. The smallest absolute Gasteiger partial charge is 0.241 e. The Morgan fingerprint density at radius 3 is 2.50 bits per heavy atom. The molecule has 0 fully saturated rings. The van der Waals surface area contributed by atoms with Gasteiger partial charge in [0.2, 0.25) is 5.91 Å². The highest BCUT2D eigenvalue weighted by Gasteiger charge is 2.06. The van der Waals surface area contributed by atoms with E-state index >= 15 is 0 Å². The summed E-state index contributed by atoms with van der Waals surface area (Å²) in [6, 6.07) is 0. The minimum Gasteiger partial charge on any atom is -0.366 e. The summed E-state index contributed by atoms with van der Waals surface area (Å²) in [5.74, 6) is 0.848. The zero-order valence-corrected chi connectivity index (χ0v) is 11.0. The van der Waals surface area contributed by atoms with Crippen LogP contribution in [-0.2, 0) is 4.79 Å². The van der Waals surface area contributed by atoms with Gasteiger partial charge in [0.25, 0.3) is 0 Å². The normalized spacial score (nSPS) is 15.2. The van der Waals surface area contributed by atoms with Crippen LogP contribution in [0.15, 0.2) is 12.2 Å². The summed E-state index contributed by atoms with van der Waals surface area (Å²) in [5, 5.41) is 0. The predicted molar refractivity (Wildman–Crippen MR) is 70.0 cm³/mol. The predicted octanol–water partition coefficient (Wildman–Crippen LogP) is 3.66. The van der Waals surface area contributed by atoms with Gasteiger partial charge in [-0.05, 0) is 24.3 Å². The van der Waals surface area contributed by atoms with Crippen LogP contribution in [0.4, 0.5) is 0 Å². The first-order chi connectivity index (χ1) is 7.56. The molecule has 0 spiro atoms. The molecular weight excluding hydrogens is 198 g/mol. The maximum absolute atomic E-state index is 10.6. The maximum Gasteiger partial charge on any atom is 0.241 e. The first-order valence-electron chi connectivity index (χ1n) is 6.53. The number of carbonyl (C=O) groups is 1. The largest absolute Gasteiger partial charge is 0.366 e. The molecule has 94 valence electrons. The van der Waals surface area contributed by atoms with E-state index in [2.05, 4.69) is 20.8 Å². The second kappa shape index (κ2) is 9.44. The molecular formula is C14H27NO. The zero-order valence-electron chi connectivity index (χ0n) is 11.0. The topological polar surface area (TPSA) is 43.1 Å². The van der Waals surface area contributed by atoms with Gasteiger partial charge in [0.15, 0.2) is 0 Å². The molecule has 0 aromatic rings. The average molecular weight is 225 g/mol. The summed E-state index contributed by atoms with van der Waals surface area (Å²) in [7, 11) is 0. The van der Waals surface area contributed by atoms with E-state index in [4.69, 9.17) is 5.73 Å². The van der Waals surface area contributed by atoms with Crippen molar-refractivity contribution in [3.8, 4) is 0 Å². The Balaban J connectivity index is 3.61. The molecule has 2 nitrogen and oxygen atoms in total. The van der Waals surface area contributed by atoms with Gasteiger partial charge < -0.3 is 5.73 Å². The van der Waals surface area contributed by atoms with E-state index in [9.17, 15) is 4.79 Å². The summed E-state index contributed by atoms with van der Waals surface area (Å²) in [6.45, 7) is 6.67. The first-order valence-corrected chi connectivity index (χ1v) is 6.53. The lowest BCUT2D eigenvalue weighted by atomic mass is 9.92. The van der Waals surface area contributed by atoms with E-state index in [0.29, 0.717) is 5.92 Å². The monoisotopic (exact) mass is 225 g/mol. The summed E-state index contributed by atoms with van der Waals surface area (Å²) >= 11 is 0. The number of primary amides is 1. The fourth-order valence-corrected chi connectivity index (χ4v) is 2.01. The first kappa shape index (κ1) is 15.2. The molecule has 2 N–H and O–H groups in total. The van der Waals surface area contributed by atoms with Crippen LogP contribution in [-0.4, -0.2) is 5.91 Å². The van der Waals surface area contributed by atoms with Crippen LogP contribution in [0.2, 0.25) is 0 Å². The quantitative estimate of drug-likeness (QED) is 0.472. The van der Waals surface area contributed by atoms with Crippen molar-refractivity contribution < 1.29 is 4.79 Å². The molecule has 0 unspecified atom stereocenters. The van der Waals surface area contributed by atoms with Crippen LogP contribution < -0.4 is 5.73 Å². The van der Waals surface area contributed by atoms with Crippen LogP contribution in [0.3, 0.4) is 0 Å². The maximum atomic E-state index is 10.6. The Morgan fingerprint density at radius 1 is 1.25 bits per heavy atom. The molecule has 2 atom stereocenters. The average Bonchev–Trinajstić information content (AvgIpc) is 2.21. The molecule has 0 aromatic carbocycles. The Labute approximate surface area is 100 Å². The fourth-order valence-electron chi connectivity index (χ4n) is 2.01. The Hall–Kier alpha value is -0.790. The molecule has 0 rings (SSSR count). The van der Waals surface area contributed by atoms with Crippen molar-refractivity contribution in [2.24, 2.45) is 17.6 Å². The molecule has 16 heavy (non-hydrogen) atoms. The molecule has 0 saturated heterocycles. The minimum absolute atomic E-state index is 0.345. The molecule has 0 aliphatic rings. The third-order valence-electron chi connectivity index (χ3n) is 2.91. The number of unbranched alkanes of at least 4 members (excludes halogenated alkanes) is 3. The number of nitrogens with two attached hydrogens (primary N) is 1. The molecule has 2 heteroatoms. The third-order valence-corrected chi connectivity index (χ3v) is 2.91. The van der Waals surface area contributed by atoms with Gasteiger partial charge in [-0.1, -0.05) is 59.0 Å². The Kier molecular flexibility index (Phi) is 8.97. The van der Waals surface area contributed by atoms with Crippen LogP contribution in [0.5, 0.6) is 0 Å². The van der Waals surface area contributed by atoms with Crippen LogP contribution >= 0.6 is 0 Å². The van der Waals surface area contributed by atoms with E-state index in [1.807, 2.05) is 6.08 Å². The SMILES string of the molecule is CCCCCC[C@@H](C)C[C@@H](C)/C=C/C(N)=O. The fraction of sp³-hybridized carbons (Fsp3) is 0.786. The van der Waals surface area contributed by atoms with Crippen molar-refractivity contribution in [3.05, 3.63) is 12.2 Å². The van der Waals surface area contributed by atoms with Gasteiger partial charge in [0.05, 0.1) is 0 Å². The van der Waals surface area contributed by atoms with Gasteiger partial charge in [-0.3, -0.25) is 4.79 Å². The third kappa shape index (κ3) is 9.75. The van der Waals surface area contributed by atoms with Crippen molar-refractivity contribution in [1.29, 1.82) is 0 Å². The Morgan fingerprint density at radius 2 is 1.94 bits per heavy atom. The highest BCUT2D eigenvalue weighted by Crippen LogP contribution is 2.19. The molecule has 0 heterocycles. The lowest BCUT2D eigenvalue weighted by Gasteiger charge is -2.14. The van der Waals surface area contributed by atoms with Crippen molar-refractivity contribution >= 4 is 5.91 Å². The Bertz CT molecular complexity index is 211. The van der Waals surface area contributed by atoms with Crippen molar-refractivity contribution in [1.82, 2.24) is 0 Å². The highest BCUT2D eigenvalue weighted by atomic mass is 16.1. The molecule has 1 amide bonds. The van der Waals surface area contributed by atoms with Gasteiger partial charge in [-0.25, -0.2) is 0 Å². The zero-order chi connectivity index (χ0) is 12.4. The van der Waals surface area contributed by atoms with Crippen molar-refractivity contribution in [2.45, 2.75) is 59.3 Å². The van der Waals surface area contributed by atoms with Crippen molar-refractivity contribution in [2.75, 3.05) is 0 Å². The standard InChI is InChI=1S/C14H27NO/c1-4-5-6-7-8-12(2)11-13(3)9-10-14(15)16/h9-10,12-13H,4-8,11H2,1-3H3,(H2,15,16)/b10-9+/t12-,13+/m1/s1. The van der Waals surface area contributed by atoms with Crippen molar-refractivity contribution in [3.63, 3.8) is 0 Å². The molecule has 0 aliphatic heterocycles.